The Kier molecular flexibility index (Phi) is 2.65. The summed E-state index contributed by atoms with van der Waals surface area (Å²) in [6.45, 7) is 0.896. The predicted molar refractivity (Wildman–Crippen MR) is 66.8 cm³/mol. The summed E-state index contributed by atoms with van der Waals surface area (Å²) in [5.41, 5.74) is 1.93. The summed E-state index contributed by atoms with van der Waals surface area (Å²) >= 11 is 0. The van der Waals surface area contributed by atoms with Crippen molar-refractivity contribution in [1.82, 2.24) is 10.2 Å². The summed E-state index contributed by atoms with van der Waals surface area (Å²) in [5.74, 6) is 0.580. The lowest BCUT2D eigenvalue weighted by Crippen LogP contribution is -2.33. The molecular weight excluding hydrogens is 214 g/mol. The summed E-state index contributed by atoms with van der Waals surface area (Å²) < 4.78 is 0. The number of fused-ring (bicyclic) bond motifs is 1. The van der Waals surface area contributed by atoms with Crippen LogP contribution < -0.4 is 5.32 Å². The lowest BCUT2D eigenvalue weighted by Gasteiger charge is -2.31. The smallest absolute Gasteiger partial charge is 0.0950 e. The third-order valence-corrected chi connectivity index (χ3v) is 3.34. The third kappa shape index (κ3) is 2.08. The molecule has 0 bridgehead atoms. The molecule has 1 saturated carbocycles. The van der Waals surface area contributed by atoms with E-state index in [4.69, 9.17) is 0 Å². The molecule has 1 aromatic carbocycles. The third-order valence-electron chi connectivity index (χ3n) is 3.34. The molecule has 0 radical (unpaired) electrons. The lowest BCUT2D eigenvalue weighted by atomic mass is 9.82. The van der Waals surface area contributed by atoms with Gasteiger partial charge < -0.3 is 10.4 Å². The molecule has 4 heteroatoms. The second-order valence-corrected chi connectivity index (χ2v) is 4.65. The van der Waals surface area contributed by atoms with Crippen molar-refractivity contribution in [1.29, 1.82) is 0 Å². The second-order valence-electron chi connectivity index (χ2n) is 4.65. The van der Waals surface area contributed by atoms with E-state index in [0.717, 1.165) is 36.0 Å². The number of hydrogen-bond donors (Lipinski definition) is 2. The maximum absolute atomic E-state index is 9.24. The van der Waals surface area contributed by atoms with E-state index < -0.39 is 0 Å². The Morgan fingerprint density at radius 2 is 2.12 bits per heavy atom. The zero-order valence-corrected chi connectivity index (χ0v) is 9.50. The second kappa shape index (κ2) is 4.30. The van der Waals surface area contributed by atoms with Gasteiger partial charge in [-0.2, -0.15) is 10.2 Å². The van der Waals surface area contributed by atoms with Crippen LogP contribution in [-0.4, -0.2) is 28.0 Å². The topological polar surface area (TPSA) is 58.0 Å². The Labute approximate surface area is 99.7 Å². The molecule has 0 atom stereocenters. The van der Waals surface area contributed by atoms with Crippen molar-refractivity contribution in [2.45, 2.75) is 18.9 Å². The Morgan fingerprint density at radius 3 is 2.94 bits per heavy atom. The molecule has 1 heterocycles. The molecule has 3 rings (SSSR count). The first kappa shape index (κ1) is 10.5. The highest BCUT2D eigenvalue weighted by atomic mass is 16.3. The molecule has 0 saturated heterocycles. The highest BCUT2D eigenvalue weighted by Crippen LogP contribution is 2.28. The minimum Gasteiger partial charge on any atom is -0.393 e. The molecule has 88 valence electrons. The SMILES string of the molecule is OC1CC(CNc2cnnc3ccccc23)C1. The number of nitrogens with zero attached hydrogens (tertiary/aromatic N) is 2. The van der Waals surface area contributed by atoms with Gasteiger partial charge in [0.1, 0.15) is 0 Å². The Hall–Kier alpha value is -1.68. The van der Waals surface area contributed by atoms with Gasteiger partial charge in [-0.3, -0.25) is 0 Å². The van der Waals surface area contributed by atoms with Crippen molar-refractivity contribution in [3.8, 4) is 0 Å². The number of aliphatic hydroxyl groups excluding tert-OH is 1. The molecule has 1 aromatic heterocycles. The van der Waals surface area contributed by atoms with E-state index in [1.165, 1.54) is 0 Å². The zero-order valence-electron chi connectivity index (χ0n) is 9.50. The first-order valence-electron chi connectivity index (χ1n) is 5.95. The summed E-state index contributed by atoms with van der Waals surface area (Å²) in [6, 6.07) is 7.97. The van der Waals surface area contributed by atoms with Crippen LogP contribution in [0.4, 0.5) is 5.69 Å². The van der Waals surface area contributed by atoms with Gasteiger partial charge in [0, 0.05) is 11.9 Å². The zero-order chi connectivity index (χ0) is 11.7. The first-order valence-corrected chi connectivity index (χ1v) is 5.95. The maximum Gasteiger partial charge on any atom is 0.0950 e. The number of nitrogens with one attached hydrogen (secondary N) is 1. The van der Waals surface area contributed by atoms with Gasteiger partial charge in [0.25, 0.3) is 0 Å². The Balaban J connectivity index is 1.76. The quantitative estimate of drug-likeness (QED) is 0.842. The predicted octanol–water partition coefficient (Wildman–Crippen LogP) is 1.81. The van der Waals surface area contributed by atoms with Crippen molar-refractivity contribution in [2.75, 3.05) is 11.9 Å². The van der Waals surface area contributed by atoms with E-state index in [1.54, 1.807) is 6.20 Å². The van der Waals surface area contributed by atoms with E-state index in [9.17, 15) is 5.11 Å². The van der Waals surface area contributed by atoms with Gasteiger partial charge in [0.05, 0.1) is 23.5 Å². The van der Waals surface area contributed by atoms with Crippen molar-refractivity contribution in [3.63, 3.8) is 0 Å². The number of aromatic nitrogens is 2. The van der Waals surface area contributed by atoms with E-state index in [0.29, 0.717) is 5.92 Å². The molecule has 0 amide bonds. The first-order chi connectivity index (χ1) is 8.33. The lowest BCUT2D eigenvalue weighted by molar-refractivity contribution is 0.0487. The summed E-state index contributed by atoms with van der Waals surface area (Å²) in [6.07, 6.45) is 3.48. The summed E-state index contributed by atoms with van der Waals surface area (Å²) in [7, 11) is 0. The molecule has 17 heavy (non-hydrogen) atoms. The summed E-state index contributed by atoms with van der Waals surface area (Å²) in [4.78, 5) is 0. The standard InChI is InChI=1S/C13H15N3O/c17-10-5-9(6-10)7-14-13-8-15-16-12-4-2-1-3-11(12)13/h1-4,8-10,17H,5-7H2,(H,14,16). The van der Waals surface area contributed by atoms with E-state index in [-0.39, 0.29) is 6.10 Å². The molecule has 0 aliphatic heterocycles. The Bertz CT molecular complexity index is 518. The van der Waals surface area contributed by atoms with Gasteiger partial charge in [-0.15, -0.1) is 0 Å². The van der Waals surface area contributed by atoms with Crippen molar-refractivity contribution in [2.24, 2.45) is 5.92 Å². The van der Waals surface area contributed by atoms with E-state index in [1.807, 2.05) is 24.3 Å². The molecular formula is C13H15N3O. The Morgan fingerprint density at radius 1 is 1.29 bits per heavy atom. The molecule has 1 aliphatic carbocycles. The fourth-order valence-electron chi connectivity index (χ4n) is 2.27. The number of anilines is 1. The van der Waals surface area contributed by atoms with Crippen LogP contribution in [0.1, 0.15) is 12.8 Å². The molecule has 2 N–H and O–H groups in total. The van der Waals surface area contributed by atoms with Crippen molar-refractivity contribution >= 4 is 16.6 Å². The fraction of sp³-hybridized carbons (Fsp3) is 0.385. The molecule has 0 spiro atoms. The van der Waals surface area contributed by atoms with Crippen LogP contribution in [0.3, 0.4) is 0 Å². The highest BCUT2D eigenvalue weighted by Gasteiger charge is 2.26. The van der Waals surface area contributed by atoms with Crippen LogP contribution >= 0.6 is 0 Å². The van der Waals surface area contributed by atoms with Gasteiger partial charge >= 0.3 is 0 Å². The van der Waals surface area contributed by atoms with Crippen LogP contribution in [-0.2, 0) is 0 Å². The fourth-order valence-corrected chi connectivity index (χ4v) is 2.27. The number of rotatable bonds is 3. The van der Waals surface area contributed by atoms with E-state index in [2.05, 4.69) is 15.5 Å². The monoisotopic (exact) mass is 229 g/mol. The summed E-state index contributed by atoms with van der Waals surface area (Å²) in [5, 5.41) is 21.8. The van der Waals surface area contributed by atoms with Crippen LogP contribution in [0.25, 0.3) is 10.9 Å². The molecule has 4 nitrogen and oxygen atoms in total. The average Bonchev–Trinajstić information content (AvgIpc) is 2.33. The minimum absolute atomic E-state index is 0.0888. The molecule has 2 aromatic rings. The van der Waals surface area contributed by atoms with Gasteiger partial charge in [-0.1, -0.05) is 18.2 Å². The molecule has 1 aliphatic rings. The van der Waals surface area contributed by atoms with Crippen molar-refractivity contribution < 1.29 is 5.11 Å². The molecule has 0 unspecified atom stereocenters. The molecule has 1 fully saturated rings. The van der Waals surface area contributed by atoms with E-state index >= 15 is 0 Å². The van der Waals surface area contributed by atoms with Crippen molar-refractivity contribution in [3.05, 3.63) is 30.5 Å². The van der Waals surface area contributed by atoms with Crippen LogP contribution in [0, 0.1) is 5.92 Å². The maximum atomic E-state index is 9.24. The van der Waals surface area contributed by atoms with Gasteiger partial charge in [0.15, 0.2) is 0 Å². The normalized spacial score (nSPS) is 23.4. The van der Waals surface area contributed by atoms with Crippen LogP contribution in [0.2, 0.25) is 0 Å². The van der Waals surface area contributed by atoms with Gasteiger partial charge in [-0.05, 0) is 24.8 Å². The van der Waals surface area contributed by atoms with Gasteiger partial charge in [0.2, 0.25) is 0 Å². The number of benzene rings is 1. The van der Waals surface area contributed by atoms with Crippen LogP contribution in [0.5, 0.6) is 0 Å². The van der Waals surface area contributed by atoms with Crippen LogP contribution in [0.15, 0.2) is 30.5 Å². The largest absolute Gasteiger partial charge is 0.393 e. The minimum atomic E-state index is -0.0888. The number of aliphatic hydroxyl groups is 1. The highest BCUT2D eigenvalue weighted by molar-refractivity contribution is 5.90. The number of hydrogen-bond acceptors (Lipinski definition) is 4. The average molecular weight is 229 g/mol. The van der Waals surface area contributed by atoms with Gasteiger partial charge in [-0.25, -0.2) is 0 Å².